The summed E-state index contributed by atoms with van der Waals surface area (Å²) in [7, 11) is 0. The van der Waals surface area contributed by atoms with E-state index in [0.29, 0.717) is 6.04 Å². The SMILES string of the molecule is Cc1ccccc1[C@H]1CN(C2CCCC2)C[C@@H]1C(=O)O. The summed E-state index contributed by atoms with van der Waals surface area (Å²) in [6.07, 6.45) is 5.08. The Bertz CT molecular complexity index is 494. The highest BCUT2D eigenvalue weighted by molar-refractivity contribution is 5.72. The van der Waals surface area contributed by atoms with Crippen molar-refractivity contribution in [2.24, 2.45) is 5.92 Å². The lowest BCUT2D eigenvalue weighted by Gasteiger charge is -2.23. The van der Waals surface area contributed by atoms with E-state index in [1.165, 1.54) is 36.8 Å². The van der Waals surface area contributed by atoms with Gasteiger partial charge in [-0.1, -0.05) is 37.1 Å². The number of carbonyl (C=O) groups is 1. The van der Waals surface area contributed by atoms with Gasteiger partial charge in [-0.05, 0) is 30.9 Å². The zero-order valence-corrected chi connectivity index (χ0v) is 12.1. The van der Waals surface area contributed by atoms with Crippen molar-refractivity contribution in [2.45, 2.75) is 44.6 Å². The Labute approximate surface area is 120 Å². The van der Waals surface area contributed by atoms with E-state index < -0.39 is 5.97 Å². The highest BCUT2D eigenvalue weighted by atomic mass is 16.4. The number of hydrogen-bond donors (Lipinski definition) is 1. The fraction of sp³-hybridized carbons (Fsp3) is 0.588. The van der Waals surface area contributed by atoms with Crippen LogP contribution in [0, 0.1) is 12.8 Å². The second kappa shape index (κ2) is 5.57. The second-order valence-electron chi connectivity index (χ2n) is 6.30. The Morgan fingerprint density at radius 1 is 1.20 bits per heavy atom. The molecule has 1 aliphatic heterocycles. The smallest absolute Gasteiger partial charge is 0.308 e. The lowest BCUT2D eigenvalue weighted by Crippen LogP contribution is -2.31. The standard InChI is InChI=1S/C17H23NO2/c1-12-6-2-5-9-14(12)15-10-18(11-16(15)17(19)20)13-7-3-4-8-13/h2,5-6,9,13,15-16H,3-4,7-8,10-11H2,1H3,(H,19,20)/t15-,16+/m1/s1. The molecule has 1 N–H and O–H groups in total. The van der Waals surface area contributed by atoms with E-state index in [1.54, 1.807) is 0 Å². The third-order valence-electron chi connectivity index (χ3n) is 5.09. The molecule has 1 heterocycles. The van der Waals surface area contributed by atoms with Gasteiger partial charge in [-0.15, -0.1) is 0 Å². The molecule has 0 aromatic heterocycles. The number of carboxylic acids is 1. The zero-order chi connectivity index (χ0) is 14.1. The van der Waals surface area contributed by atoms with Crippen LogP contribution in [0.15, 0.2) is 24.3 Å². The lowest BCUT2D eigenvalue weighted by molar-refractivity contribution is -0.141. The molecule has 2 atom stereocenters. The van der Waals surface area contributed by atoms with E-state index in [0.717, 1.165) is 13.1 Å². The molecule has 0 unspecified atom stereocenters. The van der Waals surface area contributed by atoms with Gasteiger partial charge in [-0.2, -0.15) is 0 Å². The van der Waals surface area contributed by atoms with Crippen molar-refractivity contribution in [3.63, 3.8) is 0 Å². The van der Waals surface area contributed by atoms with Gasteiger partial charge in [-0.25, -0.2) is 0 Å². The highest BCUT2D eigenvalue weighted by Crippen LogP contribution is 2.38. The molecule has 1 saturated heterocycles. The third-order valence-corrected chi connectivity index (χ3v) is 5.09. The van der Waals surface area contributed by atoms with Crippen LogP contribution in [0.1, 0.15) is 42.7 Å². The first-order valence-electron chi connectivity index (χ1n) is 7.69. The maximum absolute atomic E-state index is 11.6. The van der Waals surface area contributed by atoms with Crippen molar-refractivity contribution >= 4 is 5.97 Å². The van der Waals surface area contributed by atoms with Crippen molar-refractivity contribution in [3.8, 4) is 0 Å². The molecule has 2 fully saturated rings. The van der Waals surface area contributed by atoms with Gasteiger partial charge in [0.2, 0.25) is 0 Å². The van der Waals surface area contributed by atoms with Crippen LogP contribution in [0.5, 0.6) is 0 Å². The van der Waals surface area contributed by atoms with Gasteiger partial charge in [0, 0.05) is 25.0 Å². The summed E-state index contributed by atoms with van der Waals surface area (Å²) in [6, 6.07) is 8.86. The van der Waals surface area contributed by atoms with Crippen LogP contribution >= 0.6 is 0 Å². The molecule has 2 aliphatic rings. The Morgan fingerprint density at radius 3 is 2.55 bits per heavy atom. The number of aryl methyl sites for hydroxylation is 1. The molecule has 0 bridgehead atoms. The summed E-state index contributed by atoms with van der Waals surface area (Å²) in [5.74, 6) is -0.746. The molecule has 3 rings (SSSR count). The van der Waals surface area contributed by atoms with Gasteiger partial charge in [0.1, 0.15) is 0 Å². The summed E-state index contributed by atoms with van der Waals surface area (Å²) in [6.45, 7) is 3.72. The number of aliphatic carboxylic acids is 1. The number of hydrogen-bond acceptors (Lipinski definition) is 2. The summed E-state index contributed by atoms with van der Waals surface area (Å²) in [5, 5.41) is 9.57. The molecule has 0 radical (unpaired) electrons. The Kier molecular flexibility index (Phi) is 3.79. The Hall–Kier alpha value is -1.35. The van der Waals surface area contributed by atoms with Crippen molar-refractivity contribution in [3.05, 3.63) is 35.4 Å². The molecule has 1 saturated carbocycles. The van der Waals surface area contributed by atoms with Crippen molar-refractivity contribution in [2.75, 3.05) is 13.1 Å². The minimum atomic E-state index is -0.640. The maximum atomic E-state index is 11.6. The number of likely N-dealkylation sites (tertiary alicyclic amines) is 1. The van der Waals surface area contributed by atoms with E-state index in [9.17, 15) is 9.90 Å². The van der Waals surface area contributed by atoms with E-state index in [-0.39, 0.29) is 11.8 Å². The largest absolute Gasteiger partial charge is 0.481 e. The summed E-state index contributed by atoms with van der Waals surface area (Å²) in [4.78, 5) is 14.1. The summed E-state index contributed by atoms with van der Waals surface area (Å²) < 4.78 is 0. The predicted molar refractivity (Wildman–Crippen MR) is 78.9 cm³/mol. The first-order chi connectivity index (χ1) is 9.66. The molecule has 20 heavy (non-hydrogen) atoms. The van der Waals surface area contributed by atoms with Crippen molar-refractivity contribution < 1.29 is 9.90 Å². The number of rotatable bonds is 3. The molecule has 1 aliphatic carbocycles. The summed E-state index contributed by atoms with van der Waals surface area (Å²) >= 11 is 0. The van der Waals surface area contributed by atoms with E-state index >= 15 is 0 Å². The van der Waals surface area contributed by atoms with Crippen LogP contribution in [0.3, 0.4) is 0 Å². The van der Waals surface area contributed by atoms with Crippen molar-refractivity contribution in [1.82, 2.24) is 4.90 Å². The normalized spacial score (nSPS) is 28.1. The molecule has 1 aromatic carbocycles. The van der Waals surface area contributed by atoms with E-state index in [2.05, 4.69) is 24.0 Å². The molecule has 108 valence electrons. The van der Waals surface area contributed by atoms with Crippen LogP contribution < -0.4 is 0 Å². The van der Waals surface area contributed by atoms with Gasteiger partial charge in [0.05, 0.1) is 5.92 Å². The third kappa shape index (κ3) is 2.47. The monoisotopic (exact) mass is 273 g/mol. The van der Waals surface area contributed by atoms with Crippen LogP contribution in [0.2, 0.25) is 0 Å². The predicted octanol–water partition coefficient (Wildman–Crippen LogP) is 3.04. The first kappa shape index (κ1) is 13.6. The van der Waals surface area contributed by atoms with E-state index in [4.69, 9.17) is 0 Å². The minimum Gasteiger partial charge on any atom is -0.481 e. The highest BCUT2D eigenvalue weighted by Gasteiger charge is 2.41. The van der Waals surface area contributed by atoms with Crippen molar-refractivity contribution in [1.29, 1.82) is 0 Å². The molecule has 3 nitrogen and oxygen atoms in total. The van der Waals surface area contributed by atoms with Gasteiger partial charge in [0.25, 0.3) is 0 Å². The van der Waals surface area contributed by atoms with Gasteiger partial charge >= 0.3 is 5.97 Å². The maximum Gasteiger partial charge on any atom is 0.308 e. The average Bonchev–Trinajstić information content (AvgIpc) is 3.08. The van der Waals surface area contributed by atoms with E-state index in [1.807, 2.05) is 12.1 Å². The van der Waals surface area contributed by atoms with Gasteiger partial charge in [0.15, 0.2) is 0 Å². The topological polar surface area (TPSA) is 40.5 Å². The molecule has 3 heteroatoms. The first-order valence-corrected chi connectivity index (χ1v) is 7.69. The van der Waals surface area contributed by atoms with Crippen LogP contribution in [-0.4, -0.2) is 35.1 Å². The lowest BCUT2D eigenvalue weighted by atomic mass is 9.86. The number of benzene rings is 1. The molecular weight excluding hydrogens is 250 g/mol. The zero-order valence-electron chi connectivity index (χ0n) is 12.1. The minimum absolute atomic E-state index is 0.147. The number of carboxylic acid groups (broad SMARTS) is 1. The second-order valence-corrected chi connectivity index (χ2v) is 6.30. The quantitative estimate of drug-likeness (QED) is 0.920. The van der Waals surface area contributed by atoms with Crippen LogP contribution in [0.4, 0.5) is 0 Å². The van der Waals surface area contributed by atoms with Gasteiger partial charge < -0.3 is 5.11 Å². The Balaban J connectivity index is 1.84. The number of nitrogens with zero attached hydrogens (tertiary/aromatic N) is 1. The average molecular weight is 273 g/mol. The molecule has 0 amide bonds. The van der Waals surface area contributed by atoms with Crippen LogP contribution in [-0.2, 0) is 4.79 Å². The van der Waals surface area contributed by atoms with Crippen LogP contribution in [0.25, 0.3) is 0 Å². The fourth-order valence-electron chi connectivity index (χ4n) is 3.97. The molecule has 1 aromatic rings. The fourth-order valence-corrected chi connectivity index (χ4v) is 3.97. The molecule has 0 spiro atoms. The molecular formula is C17H23NO2. The summed E-state index contributed by atoms with van der Waals surface area (Å²) in [5.41, 5.74) is 2.44. The van der Waals surface area contributed by atoms with Gasteiger partial charge in [-0.3, -0.25) is 9.69 Å². The Morgan fingerprint density at radius 2 is 1.90 bits per heavy atom.